The molecule has 88 valence electrons. The Bertz CT molecular complexity index is 383. The van der Waals surface area contributed by atoms with Gasteiger partial charge in [0.2, 0.25) is 0 Å². The van der Waals surface area contributed by atoms with Crippen LogP contribution >= 0.6 is 0 Å². The van der Waals surface area contributed by atoms with Gasteiger partial charge in [-0.05, 0) is 18.8 Å². The molecule has 0 unspecified atom stereocenters. The molecule has 1 aromatic rings. The molecule has 1 aliphatic rings. The van der Waals surface area contributed by atoms with Crippen LogP contribution in [0.1, 0.15) is 12.8 Å². The zero-order valence-electron chi connectivity index (χ0n) is 9.48. The number of nitrogens with one attached hydrogen (secondary N) is 1. The lowest BCUT2D eigenvalue weighted by Crippen LogP contribution is -2.35. The number of aromatic nitrogens is 2. The van der Waals surface area contributed by atoms with Crippen LogP contribution in [0.2, 0.25) is 0 Å². The van der Waals surface area contributed by atoms with E-state index in [0.717, 1.165) is 38.2 Å². The molecule has 0 aromatic carbocycles. The van der Waals surface area contributed by atoms with E-state index in [2.05, 4.69) is 15.1 Å². The van der Waals surface area contributed by atoms with Crippen molar-refractivity contribution in [1.29, 1.82) is 0 Å². The van der Waals surface area contributed by atoms with Gasteiger partial charge in [0, 0.05) is 32.9 Å². The minimum Gasteiger partial charge on any atom is -0.384 e. The molecule has 5 heteroatoms. The number of rotatable bonds is 3. The number of piperidine rings is 1. The standard InChI is InChI=1S/C11H17N3O2/c1-16-8-9-2-4-14(5-3-9)10-6-11(15)13-12-7-10/h6-7,9H,2-5,8H2,1H3,(H,13,15). The maximum atomic E-state index is 11.1. The van der Waals surface area contributed by atoms with Crippen LogP contribution in [0, 0.1) is 5.92 Å². The second-order valence-electron chi connectivity index (χ2n) is 4.19. The van der Waals surface area contributed by atoms with Crippen LogP contribution in [0.25, 0.3) is 0 Å². The highest BCUT2D eigenvalue weighted by Crippen LogP contribution is 2.21. The first-order valence-corrected chi connectivity index (χ1v) is 5.58. The summed E-state index contributed by atoms with van der Waals surface area (Å²) in [6, 6.07) is 1.60. The van der Waals surface area contributed by atoms with Crippen molar-refractivity contribution in [3.8, 4) is 0 Å². The molecule has 0 saturated carbocycles. The average molecular weight is 223 g/mol. The quantitative estimate of drug-likeness (QED) is 0.816. The minimum atomic E-state index is -0.142. The van der Waals surface area contributed by atoms with E-state index in [4.69, 9.17) is 4.74 Å². The van der Waals surface area contributed by atoms with E-state index in [1.165, 1.54) is 0 Å². The van der Waals surface area contributed by atoms with Crippen molar-refractivity contribution in [2.75, 3.05) is 31.7 Å². The molecule has 1 N–H and O–H groups in total. The number of H-pyrrole nitrogens is 1. The van der Waals surface area contributed by atoms with Crippen molar-refractivity contribution >= 4 is 5.69 Å². The Morgan fingerprint density at radius 2 is 2.31 bits per heavy atom. The molecule has 1 aromatic heterocycles. The van der Waals surface area contributed by atoms with Gasteiger partial charge in [-0.25, -0.2) is 5.10 Å². The Morgan fingerprint density at radius 3 is 2.94 bits per heavy atom. The number of hydrogen-bond acceptors (Lipinski definition) is 4. The molecule has 0 bridgehead atoms. The maximum Gasteiger partial charge on any atom is 0.266 e. The lowest BCUT2D eigenvalue weighted by atomic mass is 9.97. The van der Waals surface area contributed by atoms with E-state index in [0.29, 0.717) is 5.92 Å². The predicted molar refractivity (Wildman–Crippen MR) is 61.7 cm³/mol. The van der Waals surface area contributed by atoms with Crippen molar-refractivity contribution in [3.63, 3.8) is 0 Å². The summed E-state index contributed by atoms with van der Waals surface area (Å²) < 4.78 is 5.16. The van der Waals surface area contributed by atoms with Gasteiger partial charge in [-0.15, -0.1) is 0 Å². The molecule has 0 amide bonds. The fraction of sp³-hybridized carbons (Fsp3) is 0.636. The van der Waals surface area contributed by atoms with E-state index in [1.807, 2.05) is 0 Å². The van der Waals surface area contributed by atoms with Gasteiger partial charge in [-0.1, -0.05) is 0 Å². The molecular formula is C11H17N3O2. The monoisotopic (exact) mass is 223 g/mol. The Kier molecular flexibility index (Phi) is 3.56. The largest absolute Gasteiger partial charge is 0.384 e. The van der Waals surface area contributed by atoms with Crippen molar-refractivity contribution in [2.45, 2.75) is 12.8 Å². The summed E-state index contributed by atoms with van der Waals surface area (Å²) in [5.41, 5.74) is 0.774. The summed E-state index contributed by atoms with van der Waals surface area (Å²) in [6.07, 6.45) is 3.93. The highest BCUT2D eigenvalue weighted by molar-refractivity contribution is 5.42. The second kappa shape index (κ2) is 5.12. The number of ether oxygens (including phenoxy) is 1. The normalized spacial score (nSPS) is 17.7. The van der Waals surface area contributed by atoms with Crippen LogP contribution in [0.3, 0.4) is 0 Å². The van der Waals surface area contributed by atoms with Gasteiger partial charge < -0.3 is 9.64 Å². The minimum absolute atomic E-state index is 0.142. The molecule has 0 atom stereocenters. The second-order valence-corrected chi connectivity index (χ2v) is 4.19. The first-order chi connectivity index (χ1) is 7.79. The number of aromatic amines is 1. The SMILES string of the molecule is COCC1CCN(c2cn[nH]c(=O)c2)CC1. The third-order valence-electron chi connectivity index (χ3n) is 3.03. The molecule has 1 fully saturated rings. The summed E-state index contributed by atoms with van der Waals surface area (Å²) in [4.78, 5) is 13.3. The van der Waals surface area contributed by atoms with Gasteiger partial charge in [0.05, 0.1) is 11.9 Å². The lowest BCUT2D eigenvalue weighted by molar-refractivity contribution is 0.139. The highest BCUT2D eigenvalue weighted by Gasteiger charge is 2.19. The number of methoxy groups -OCH3 is 1. The summed E-state index contributed by atoms with van der Waals surface area (Å²) in [5, 5.41) is 6.20. The van der Waals surface area contributed by atoms with Crippen molar-refractivity contribution in [2.24, 2.45) is 5.92 Å². The first kappa shape index (κ1) is 11.1. The Labute approximate surface area is 94.4 Å². The summed E-state index contributed by atoms with van der Waals surface area (Å²) in [7, 11) is 1.74. The molecule has 0 radical (unpaired) electrons. The Balaban J connectivity index is 1.96. The van der Waals surface area contributed by atoms with Crippen molar-refractivity contribution in [3.05, 3.63) is 22.6 Å². The van der Waals surface area contributed by atoms with Gasteiger partial charge in [0.15, 0.2) is 0 Å². The topological polar surface area (TPSA) is 58.2 Å². The van der Waals surface area contributed by atoms with E-state index in [9.17, 15) is 4.79 Å². The molecule has 2 heterocycles. The van der Waals surface area contributed by atoms with E-state index in [1.54, 1.807) is 19.4 Å². The van der Waals surface area contributed by atoms with Gasteiger partial charge in [0.1, 0.15) is 0 Å². The molecule has 1 aliphatic heterocycles. The molecule has 0 spiro atoms. The van der Waals surface area contributed by atoms with Crippen LogP contribution in [0.15, 0.2) is 17.1 Å². The van der Waals surface area contributed by atoms with Crippen LogP contribution in [0.4, 0.5) is 5.69 Å². The lowest BCUT2D eigenvalue weighted by Gasteiger charge is -2.32. The zero-order valence-corrected chi connectivity index (χ0v) is 9.48. The number of nitrogens with zero attached hydrogens (tertiary/aromatic N) is 2. The summed E-state index contributed by atoms with van der Waals surface area (Å²) in [6.45, 7) is 2.78. The van der Waals surface area contributed by atoms with E-state index in [-0.39, 0.29) is 5.56 Å². The first-order valence-electron chi connectivity index (χ1n) is 5.58. The molecule has 2 rings (SSSR count). The molecule has 1 saturated heterocycles. The Morgan fingerprint density at radius 1 is 1.56 bits per heavy atom. The van der Waals surface area contributed by atoms with Crippen LogP contribution in [0.5, 0.6) is 0 Å². The number of hydrogen-bond donors (Lipinski definition) is 1. The van der Waals surface area contributed by atoms with Gasteiger partial charge in [0.25, 0.3) is 5.56 Å². The van der Waals surface area contributed by atoms with Crippen molar-refractivity contribution in [1.82, 2.24) is 10.2 Å². The van der Waals surface area contributed by atoms with Crippen LogP contribution in [-0.2, 0) is 4.74 Å². The predicted octanol–water partition coefficient (Wildman–Crippen LogP) is 0.633. The molecule has 0 aliphatic carbocycles. The van der Waals surface area contributed by atoms with Crippen LogP contribution in [-0.4, -0.2) is 37.0 Å². The highest BCUT2D eigenvalue weighted by atomic mass is 16.5. The van der Waals surface area contributed by atoms with E-state index < -0.39 is 0 Å². The van der Waals surface area contributed by atoms with Crippen molar-refractivity contribution < 1.29 is 4.74 Å². The zero-order chi connectivity index (χ0) is 11.4. The fourth-order valence-electron chi connectivity index (χ4n) is 2.13. The average Bonchev–Trinajstić information content (AvgIpc) is 2.30. The molecular weight excluding hydrogens is 206 g/mol. The van der Waals surface area contributed by atoms with Crippen LogP contribution < -0.4 is 10.5 Å². The smallest absolute Gasteiger partial charge is 0.266 e. The maximum absolute atomic E-state index is 11.1. The number of anilines is 1. The third kappa shape index (κ3) is 2.61. The molecule has 16 heavy (non-hydrogen) atoms. The molecule has 5 nitrogen and oxygen atoms in total. The van der Waals surface area contributed by atoms with Gasteiger partial charge in [-0.2, -0.15) is 5.10 Å². The fourth-order valence-corrected chi connectivity index (χ4v) is 2.13. The van der Waals surface area contributed by atoms with Gasteiger partial charge in [-0.3, -0.25) is 4.79 Å². The van der Waals surface area contributed by atoms with Gasteiger partial charge >= 0.3 is 0 Å². The summed E-state index contributed by atoms with van der Waals surface area (Å²) in [5.74, 6) is 0.649. The van der Waals surface area contributed by atoms with E-state index >= 15 is 0 Å². The third-order valence-corrected chi connectivity index (χ3v) is 3.03. The Hall–Kier alpha value is -1.36. The summed E-state index contributed by atoms with van der Waals surface area (Å²) >= 11 is 0.